The maximum Gasteiger partial charge on any atom is 0.351 e. The van der Waals surface area contributed by atoms with E-state index in [1.807, 2.05) is 0 Å². The Morgan fingerprint density at radius 1 is 1.72 bits per heavy atom. The fourth-order valence-electron chi connectivity index (χ4n) is 1.94. The van der Waals surface area contributed by atoms with Crippen molar-refractivity contribution in [2.24, 2.45) is 0 Å². The van der Waals surface area contributed by atoms with Crippen LogP contribution in [0.2, 0.25) is 0 Å². The van der Waals surface area contributed by atoms with Gasteiger partial charge in [0.15, 0.2) is 5.82 Å². The molecule has 18 heavy (non-hydrogen) atoms. The molecular weight excluding hydrogens is 262 g/mol. The summed E-state index contributed by atoms with van der Waals surface area (Å²) >= 11 is 5.77. The molecule has 2 rings (SSSR count). The van der Waals surface area contributed by atoms with Gasteiger partial charge in [-0.1, -0.05) is 0 Å². The molecule has 100 valence electrons. The van der Waals surface area contributed by atoms with Crippen LogP contribution in [-0.4, -0.2) is 38.0 Å². The minimum absolute atomic E-state index is 0.0695. The van der Waals surface area contributed by atoms with Crippen molar-refractivity contribution in [2.45, 2.75) is 24.7 Å². The number of nitrogens with one attached hydrogen (secondary N) is 1. The standard InChI is InChI=1S/C10H14ClN3O4/c11-5-10(6-15)3-1-8(18-10)14-4-2-7(13-17)12-9(14)16/h2,4,8,15,17H,1,3,5-6H2,(H,12,13,16). The molecule has 0 spiro atoms. The molecule has 1 aliphatic rings. The minimum atomic E-state index is -0.792. The van der Waals surface area contributed by atoms with E-state index in [4.69, 9.17) is 21.5 Å². The number of anilines is 1. The second-order valence-corrected chi connectivity index (χ2v) is 4.47. The van der Waals surface area contributed by atoms with Crippen LogP contribution in [0.5, 0.6) is 0 Å². The van der Waals surface area contributed by atoms with E-state index in [0.717, 1.165) is 0 Å². The number of aromatic nitrogens is 2. The third-order valence-corrected chi connectivity index (χ3v) is 3.51. The minimum Gasteiger partial charge on any atom is -0.393 e. The van der Waals surface area contributed by atoms with Gasteiger partial charge in [-0.2, -0.15) is 4.98 Å². The lowest BCUT2D eigenvalue weighted by Crippen LogP contribution is -2.36. The summed E-state index contributed by atoms with van der Waals surface area (Å²) in [6.45, 7) is -0.189. The lowest BCUT2D eigenvalue weighted by molar-refractivity contribution is -0.0859. The molecule has 2 heterocycles. The van der Waals surface area contributed by atoms with Gasteiger partial charge < -0.3 is 9.84 Å². The van der Waals surface area contributed by atoms with E-state index in [9.17, 15) is 9.90 Å². The van der Waals surface area contributed by atoms with Gasteiger partial charge in [0.05, 0.1) is 12.5 Å². The van der Waals surface area contributed by atoms with Crippen molar-refractivity contribution in [1.82, 2.24) is 9.55 Å². The number of alkyl halides is 1. The van der Waals surface area contributed by atoms with E-state index in [1.165, 1.54) is 16.8 Å². The molecule has 1 fully saturated rings. The first-order chi connectivity index (χ1) is 8.64. The van der Waals surface area contributed by atoms with Crippen LogP contribution in [0.4, 0.5) is 5.82 Å². The molecule has 1 aliphatic heterocycles. The fourth-order valence-corrected chi connectivity index (χ4v) is 2.22. The Hall–Kier alpha value is -1.15. The van der Waals surface area contributed by atoms with Crippen LogP contribution >= 0.6 is 11.6 Å². The summed E-state index contributed by atoms with van der Waals surface area (Å²) in [7, 11) is 0. The van der Waals surface area contributed by atoms with Crippen molar-refractivity contribution < 1.29 is 15.1 Å². The highest BCUT2D eigenvalue weighted by molar-refractivity contribution is 6.18. The SMILES string of the molecule is O=c1nc(NO)ccn1C1CCC(CO)(CCl)O1. The number of halogens is 1. The summed E-state index contributed by atoms with van der Waals surface area (Å²) in [6, 6.07) is 1.45. The number of hydrogen-bond donors (Lipinski definition) is 3. The van der Waals surface area contributed by atoms with E-state index in [1.54, 1.807) is 5.48 Å². The lowest BCUT2D eigenvalue weighted by Gasteiger charge is -2.24. The molecule has 1 aromatic heterocycles. The van der Waals surface area contributed by atoms with Gasteiger partial charge in [0, 0.05) is 6.20 Å². The van der Waals surface area contributed by atoms with Crippen molar-refractivity contribution in [3.63, 3.8) is 0 Å². The molecule has 1 saturated heterocycles. The van der Waals surface area contributed by atoms with Crippen LogP contribution in [-0.2, 0) is 4.74 Å². The molecule has 0 saturated carbocycles. The van der Waals surface area contributed by atoms with Gasteiger partial charge in [0.2, 0.25) is 0 Å². The second-order valence-electron chi connectivity index (χ2n) is 4.20. The summed E-state index contributed by atoms with van der Waals surface area (Å²) in [5.41, 5.74) is 0.466. The Morgan fingerprint density at radius 3 is 3.00 bits per heavy atom. The monoisotopic (exact) mass is 275 g/mol. The Balaban J connectivity index is 2.22. The van der Waals surface area contributed by atoms with Gasteiger partial charge in [-0.25, -0.2) is 4.79 Å². The first-order valence-corrected chi connectivity index (χ1v) is 6.01. The van der Waals surface area contributed by atoms with Gasteiger partial charge >= 0.3 is 5.69 Å². The fraction of sp³-hybridized carbons (Fsp3) is 0.600. The largest absolute Gasteiger partial charge is 0.393 e. The first kappa shape index (κ1) is 13.3. The predicted molar refractivity (Wildman–Crippen MR) is 63.8 cm³/mol. The predicted octanol–water partition coefficient (Wildman–Crippen LogP) is 0.323. The molecule has 2 unspecified atom stereocenters. The molecule has 3 N–H and O–H groups in total. The highest BCUT2D eigenvalue weighted by Crippen LogP contribution is 2.36. The molecule has 0 bridgehead atoms. The van der Waals surface area contributed by atoms with Crippen molar-refractivity contribution >= 4 is 17.4 Å². The summed E-state index contributed by atoms with van der Waals surface area (Å²) < 4.78 is 6.96. The molecule has 0 aliphatic carbocycles. The Morgan fingerprint density at radius 2 is 2.50 bits per heavy atom. The molecule has 0 amide bonds. The number of rotatable bonds is 4. The number of hydrogen-bond acceptors (Lipinski definition) is 6. The van der Waals surface area contributed by atoms with Crippen molar-refractivity contribution in [3.05, 3.63) is 22.7 Å². The maximum atomic E-state index is 11.7. The van der Waals surface area contributed by atoms with Crippen LogP contribution in [0.25, 0.3) is 0 Å². The van der Waals surface area contributed by atoms with E-state index < -0.39 is 17.5 Å². The van der Waals surface area contributed by atoms with Gasteiger partial charge in [-0.3, -0.25) is 15.3 Å². The van der Waals surface area contributed by atoms with Crippen LogP contribution < -0.4 is 11.2 Å². The zero-order valence-corrected chi connectivity index (χ0v) is 10.3. The summed E-state index contributed by atoms with van der Waals surface area (Å²) in [4.78, 5) is 15.3. The van der Waals surface area contributed by atoms with Gasteiger partial charge in [-0.05, 0) is 18.9 Å². The molecule has 0 radical (unpaired) electrons. The zero-order valence-electron chi connectivity index (χ0n) is 9.54. The third kappa shape index (κ3) is 2.35. The number of nitrogens with zero attached hydrogens (tertiary/aromatic N) is 2. The first-order valence-electron chi connectivity index (χ1n) is 5.48. The third-order valence-electron chi connectivity index (χ3n) is 3.02. The smallest absolute Gasteiger partial charge is 0.351 e. The van der Waals surface area contributed by atoms with Crippen LogP contribution in [0.1, 0.15) is 19.1 Å². The highest BCUT2D eigenvalue weighted by Gasteiger charge is 2.40. The van der Waals surface area contributed by atoms with Crippen molar-refractivity contribution in [3.8, 4) is 0 Å². The van der Waals surface area contributed by atoms with E-state index in [-0.39, 0.29) is 18.3 Å². The lowest BCUT2D eigenvalue weighted by atomic mass is 10.0. The van der Waals surface area contributed by atoms with Crippen LogP contribution in [0.15, 0.2) is 17.1 Å². The molecule has 0 aromatic carbocycles. The molecular formula is C10H14ClN3O4. The quantitative estimate of drug-likeness (QED) is 0.541. The van der Waals surface area contributed by atoms with Gasteiger partial charge in [-0.15, -0.1) is 11.6 Å². The Bertz CT molecular complexity index is 474. The van der Waals surface area contributed by atoms with Gasteiger partial charge in [0.25, 0.3) is 0 Å². The molecule has 2 atom stereocenters. The Kier molecular flexibility index (Phi) is 3.86. The summed E-state index contributed by atoms with van der Waals surface area (Å²) in [5.74, 6) is 0.235. The number of aliphatic hydroxyl groups is 1. The zero-order chi connectivity index (χ0) is 13.2. The molecule has 7 nitrogen and oxygen atoms in total. The normalized spacial score (nSPS) is 27.4. The van der Waals surface area contributed by atoms with Crippen molar-refractivity contribution in [2.75, 3.05) is 18.0 Å². The average molecular weight is 276 g/mol. The van der Waals surface area contributed by atoms with E-state index >= 15 is 0 Å². The summed E-state index contributed by atoms with van der Waals surface area (Å²) in [6.07, 6.45) is 2.12. The molecule has 1 aromatic rings. The topological polar surface area (TPSA) is 96.6 Å². The van der Waals surface area contributed by atoms with Crippen molar-refractivity contribution in [1.29, 1.82) is 0 Å². The highest BCUT2D eigenvalue weighted by atomic mass is 35.5. The van der Waals surface area contributed by atoms with E-state index in [0.29, 0.717) is 12.8 Å². The van der Waals surface area contributed by atoms with E-state index in [2.05, 4.69) is 4.98 Å². The second kappa shape index (κ2) is 5.23. The molecule has 8 heteroatoms. The number of ether oxygens (including phenoxy) is 1. The summed E-state index contributed by atoms with van der Waals surface area (Å²) in [5, 5.41) is 17.9. The van der Waals surface area contributed by atoms with Crippen LogP contribution in [0, 0.1) is 0 Å². The Labute approximate surface area is 108 Å². The van der Waals surface area contributed by atoms with Gasteiger partial charge in [0.1, 0.15) is 11.8 Å². The maximum absolute atomic E-state index is 11.7. The van der Waals surface area contributed by atoms with Crippen LogP contribution in [0.3, 0.4) is 0 Å². The average Bonchev–Trinajstić information content (AvgIpc) is 2.83. The number of aliphatic hydroxyl groups excluding tert-OH is 1.